The predicted molar refractivity (Wildman–Crippen MR) is 106 cm³/mol. The summed E-state index contributed by atoms with van der Waals surface area (Å²) in [5.74, 6) is -0.563. The number of nitrogens with one attached hydrogen (secondary N) is 2. The molecule has 0 aliphatic carbocycles. The second-order valence-corrected chi connectivity index (χ2v) is 8.19. The number of ether oxygens (including phenoxy) is 2. The lowest BCUT2D eigenvalue weighted by Crippen LogP contribution is -2.46. The summed E-state index contributed by atoms with van der Waals surface area (Å²) in [5.41, 5.74) is 5.52. The minimum atomic E-state index is -3.83. The van der Waals surface area contributed by atoms with Crippen LogP contribution >= 0.6 is 0 Å². The number of benzene rings is 2. The average Bonchev–Trinajstić information content (AvgIpc) is 2.71. The number of nitrogens with zero attached hydrogens (tertiary/aromatic N) is 1. The number of carbonyl (C=O) groups is 2. The molecule has 2 rings (SSSR count). The third-order valence-electron chi connectivity index (χ3n) is 4.06. The van der Waals surface area contributed by atoms with E-state index in [-0.39, 0.29) is 16.2 Å². The molecular formula is C19H23N3O6S. The predicted octanol–water partition coefficient (Wildman–Crippen LogP) is 1.09. The van der Waals surface area contributed by atoms with E-state index in [0.29, 0.717) is 5.75 Å². The maximum Gasteiger partial charge on any atom is 0.273 e. The van der Waals surface area contributed by atoms with Crippen molar-refractivity contribution in [3.8, 4) is 11.5 Å². The molecule has 0 bridgehead atoms. The van der Waals surface area contributed by atoms with Crippen molar-refractivity contribution >= 4 is 21.8 Å². The summed E-state index contributed by atoms with van der Waals surface area (Å²) in [7, 11) is 0.327. The van der Waals surface area contributed by atoms with E-state index in [1.54, 1.807) is 18.2 Å². The van der Waals surface area contributed by atoms with Crippen molar-refractivity contribution in [3.05, 3.63) is 53.6 Å². The van der Waals surface area contributed by atoms with Crippen LogP contribution < -0.4 is 20.3 Å². The van der Waals surface area contributed by atoms with E-state index in [9.17, 15) is 18.0 Å². The van der Waals surface area contributed by atoms with Gasteiger partial charge < -0.3 is 9.47 Å². The molecule has 0 aromatic heterocycles. The molecule has 0 atom stereocenters. The van der Waals surface area contributed by atoms with Gasteiger partial charge in [-0.2, -0.15) is 4.31 Å². The van der Waals surface area contributed by atoms with Gasteiger partial charge >= 0.3 is 0 Å². The first-order valence-electron chi connectivity index (χ1n) is 8.53. The number of sulfonamides is 1. The molecular weight excluding hydrogens is 398 g/mol. The number of methoxy groups -OCH3 is 2. The van der Waals surface area contributed by atoms with Gasteiger partial charge in [-0.25, -0.2) is 8.42 Å². The molecule has 0 saturated heterocycles. The fraction of sp³-hybridized carbons (Fsp3) is 0.263. The van der Waals surface area contributed by atoms with Gasteiger partial charge in [0.15, 0.2) is 0 Å². The fourth-order valence-corrected chi connectivity index (χ4v) is 3.52. The highest BCUT2D eigenvalue weighted by molar-refractivity contribution is 7.89. The topological polar surface area (TPSA) is 114 Å². The number of hydrazine groups is 1. The lowest BCUT2D eigenvalue weighted by molar-refractivity contribution is -0.121. The maximum absolute atomic E-state index is 12.5. The van der Waals surface area contributed by atoms with Gasteiger partial charge in [0.2, 0.25) is 10.0 Å². The minimum absolute atomic E-state index is 0.0744. The Hall–Kier alpha value is -3.11. The molecule has 0 unspecified atom stereocenters. The zero-order valence-corrected chi connectivity index (χ0v) is 17.4. The third kappa shape index (κ3) is 5.46. The smallest absolute Gasteiger partial charge is 0.273 e. The van der Waals surface area contributed by atoms with Gasteiger partial charge in [0.25, 0.3) is 11.8 Å². The van der Waals surface area contributed by atoms with Gasteiger partial charge in [-0.15, -0.1) is 0 Å². The summed E-state index contributed by atoms with van der Waals surface area (Å²) in [6.45, 7) is 1.37. The Bertz CT molecular complexity index is 990. The van der Waals surface area contributed by atoms with Crippen LogP contribution in [0.25, 0.3) is 0 Å². The minimum Gasteiger partial charge on any atom is -0.497 e. The Morgan fingerprint density at radius 3 is 2.24 bits per heavy atom. The molecule has 156 valence electrons. The molecule has 29 heavy (non-hydrogen) atoms. The van der Waals surface area contributed by atoms with Crippen LogP contribution in [0.4, 0.5) is 0 Å². The van der Waals surface area contributed by atoms with E-state index in [4.69, 9.17) is 9.47 Å². The summed E-state index contributed by atoms with van der Waals surface area (Å²) >= 11 is 0. The van der Waals surface area contributed by atoms with Crippen molar-refractivity contribution in [2.45, 2.75) is 11.8 Å². The largest absolute Gasteiger partial charge is 0.497 e. The first kappa shape index (κ1) is 22.2. The molecule has 0 aliphatic heterocycles. The van der Waals surface area contributed by atoms with Crippen molar-refractivity contribution < 1.29 is 27.5 Å². The summed E-state index contributed by atoms with van der Waals surface area (Å²) in [5, 5.41) is 0. The molecule has 2 aromatic rings. The van der Waals surface area contributed by atoms with Crippen LogP contribution in [0.2, 0.25) is 0 Å². The van der Waals surface area contributed by atoms with Gasteiger partial charge in [-0.05, 0) is 31.2 Å². The maximum atomic E-state index is 12.5. The monoisotopic (exact) mass is 421 g/mol. The second-order valence-electron chi connectivity index (χ2n) is 6.14. The van der Waals surface area contributed by atoms with Crippen molar-refractivity contribution in [3.63, 3.8) is 0 Å². The van der Waals surface area contributed by atoms with E-state index in [1.807, 2.05) is 6.92 Å². The number of hydrogen-bond acceptors (Lipinski definition) is 6. The van der Waals surface area contributed by atoms with E-state index >= 15 is 0 Å². The highest BCUT2D eigenvalue weighted by Gasteiger charge is 2.23. The molecule has 0 saturated carbocycles. The standard InChI is InChI=1S/C19H23N3O6S/c1-13-5-8-15(9-6-13)29(25,26)22(2)12-18(23)20-21-19(24)16-10-7-14(27-3)11-17(16)28-4/h5-11H,12H2,1-4H3,(H,20,23)(H,21,24). The number of aryl methyl sites for hydroxylation is 1. The van der Waals surface area contributed by atoms with Gasteiger partial charge in [0.05, 0.1) is 31.2 Å². The molecule has 9 nitrogen and oxygen atoms in total. The number of rotatable bonds is 7. The summed E-state index contributed by atoms with van der Waals surface area (Å²) < 4.78 is 36.1. The van der Waals surface area contributed by atoms with Crippen LogP contribution in [0.3, 0.4) is 0 Å². The zero-order valence-electron chi connectivity index (χ0n) is 16.6. The van der Waals surface area contributed by atoms with Crippen LogP contribution in [-0.4, -0.2) is 52.3 Å². The highest BCUT2D eigenvalue weighted by atomic mass is 32.2. The Morgan fingerprint density at radius 2 is 1.66 bits per heavy atom. The lowest BCUT2D eigenvalue weighted by atomic mass is 10.2. The summed E-state index contributed by atoms with van der Waals surface area (Å²) in [4.78, 5) is 24.5. The van der Waals surface area contributed by atoms with Crippen LogP contribution in [-0.2, 0) is 14.8 Å². The Labute approximate surface area is 169 Å². The quantitative estimate of drug-likeness (QED) is 0.647. The molecule has 0 spiro atoms. The van der Waals surface area contributed by atoms with Crippen LogP contribution in [0.5, 0.6) is 11.5 Å². The van der Waals surface area contributed by atoms with Crippen LogP contribution in [0, 0.1) is 6.92 Å². The summed E-state index contributed by atoms with van der Waals surface area (Å²) in [6.07, 6.45) is 0. The molecule has 2 N–H and O–H groups in total. The first-order chi connectivity index (χ1) is 13.7. The Morgan fingerprint density at radius 1 is 1.00 bits per heavy atom. The molecule has 2 aromatic carbocycles. The zero-order chi connectivity index (χ0) is 21.6. The Balaban J connectivity index is 1.99. The number of likely N-dealkylation sites (N-methyl/N-ethyl adjacent to an activating group) is 1. The number of hydrogen-bond donors (Lipinski definition) is 2. The lowest BCUT2D eigenvalue weighted by Gasteiger charge is -2.17. The van der Waals surface area contributed by atoms with Crippen molar-refractivity contribution in [1.29, 1.82) is 0 Å². The fourth-order valence-electron chi connectivity index (χ4n) is 2.40. The molecule has 2 amide bonds. The van der Waals surface area contributed by atoms with Gasteiger partial charge in [0, 0.05) is 13.1 Å². The van der Waals surface area contributed by atoms with E-state index < -0.39 is 28.4 Å². The van der Waals surface area contributed by atoms with Crippen LogP contribution in [0.15, 0.2) is 47.4 Å². The van der Waals surface area contributed by atoms with E-state index in [2.05, 4.69) is 10.9 Å². The van der Waals surface area contributed by atoms with Crippen LogP contribution in [0.1, 0.15) is 15.9 Å². The SMILES string of the molecule is COc1ccc(C(=O)NNC(=O)CN(C)S(=O)(=O)c2ccc(C)cc2)c(OC)c1. The third-order valence-corrected chi connectivity index (χ3v) is 5.88. The van der Waals surface area contributed by atoms with Crippen molar-refractivity contribution in [2.75, 3.05) is 27.8 Å². The Kier molecular flexibility index (Phi) is 7.18. The number of carbonyl (C=O) groups excluding carboxylic acids is 2. The molecule has 0 fully saturated rings. The summed E-state index contributed by atoms with van der Waals surface area (Å²) in [6, 6.07) is 10.9. The average molecular weight is 421 g/mol. The van der Waals surface area contributed by atoms with Gasteiger partial charge in [0.1, 0.15) is 11.5 Å². The number of amides is 2. The normalized spacial score (nSPS) is 11.1. The van der Waals surface area contributed by atoms with E-state index in [0.717, 1.165) is 9.87 Å². The molecule has 10 heteroatoms. The van der Waals surface area contributed by atoms with Crippen molar-refractivity contribution in [2.24, 2.45) is 0 Å². The van der Waals surface area contributed by atoms with Gasteiger partial charge in [-0.3, -0.25) is 20.4 Å². The molecule has 0 aliphatic rings. The first-order valence-corrected chi connectivity index (χ1v) is 9.97. The molecule has 0 radical (unpaired) electrons. The second kappa shape index (κ2) is 9.39. The van der Waals surface area contributed by atoms with E-state index in [1.165, 1.54) is 45.5 Å². The van der Waals surface area contributed by atoms with Gasteiger partial charge in [-0.1, -0.05) is 17.7 Å². The highest BCUT2D eigenvalue weighted by Crippen LogP contribution is 2.24. The molecule has 0 heterocycles. The van der Waals surface area contributed by atoms with Crippen molar-refractivity contribution in [1.82, 2.24) is 15.2 Å².